The van der Waals surface area contributed by atoms with Gasteiger partial charge in [-0.3, -0.25) is 0 Å². The molecular formula is C10H8ClNO2. The molecule has 1 heterocycles. The summed E-state index contributed by atoms with van der Waals surface area (Å²) in [5, 5.41) is 0.464. The van der Waals surface area contributed by atoms with E-state index < -0.39 is 12.1 Å². The predicted octanol–water partition coefficient (Wildman–Crippen LogP) is 1.91. The number of ether oxygens (including phenoxy) is 1. The van der Waals surface area contributed by atoms with Gasteiger partial charge in [-0.05, 0) is 19.1 Å². The number of pyridine rings is 1. The van der Waals surface area contributed by atoms with Gasteiger partial charge in [-0.1, -0.05) is 17.5 Å². The van der Waals surface area contributed by atoms with E-state index in [2.05, 4.69) is 10.9 Å². The van der Waals surface area contributed by atoms with Crippen LogP contribution in [-0.4, -0.2) is 17.1 Å². The van der Waals surface area contributed by atoms with Crippen molar-refractivity contribution in [3.8, 4) is 12.3 Å². The second-order valence-corrected chi connectivity index (χ2v) is 3.01. The molecule has 0 aromatic carbocycles. The van der Waals surface area contributed by atoms with Crippen LogP contribution in [0.25, 0.3) is 0 Å². The molecule has 14 heavy (non-hydrogen) atoms. The van der Waals surface area contributed by atoms with Crippen molar-refractivity contribution in [3.63, 3.8) is 0 Å². The van der Waals surface area contributed by atoms with E-state index >= 15 is 0 Å². The van der Waals surface area contributed by atoms with Crippen molar-refractivity contribution in [1.82, 2.24) is 4.98 Å². The molecule has 3 nitrogen and oxygen atoms in total. The Morgan fingerprint density at radius 1 is 1.71 bits per heavy atom. The zero-order chi connectivity index (χ0) is 10.6. The minimum atomic E-state index is -0.556. The van der Waals surface area contributed by atoms with Crippen molar-refractivity contribution in [1.29, 1.82) is 0 Å². The molecule has 0 bridgehead atoms. The number of carbonyl (C=O) groups excluding carboxylic acids is 1. The molecule has 1 rings (SSSR count). The third-order valence-corrected chi connectivity index (χ3v) is 1.68. The van der Waals surface area contributed by atoms with Gasteiger partial charge in [0.15, 0.2) is 6.10 Å². The molecule has 0 aliphatic carbocycles. The molecule has 1 aromatic rings. The molecule has 0 saturated carbocycles. The van der Waals surface area contributed by atoms with Gasteiger partial charge in [0.2, 0.25) is 0 Å². The Bertz CT molecular complexity index is 367. The van der Waals surface area contributed by atoms with E-state index in [0.29, 0.717) is 5.02 Å². The number of hydrogen-bond donors (Lipinski definition) is 0. The summed E-state index contributed by atoms with van der Waals surface area (Å²) in [6.07, 6.45) is 5.87. The first-order valence-electron chi connectivity index (χ1n) is 3.92. The van der Waals surface area contributed by atoms with Crippen molar-refractivity contribution in [3.05, 3.63) is 29.0 Å². The van der Waals surface area contributed by atoms with Crippen molar-refractivity contribution in [2.24, 2.45) is 0 Å². The van der Waals surface area contributed by atoms with Crippen molar-refractivity contribution < 1.29 is 9.53 Å². The lowest BCUT2D eigenvalue weighted by atomic mass is 10.3. The number of nitrogens with zero attached hydrogens (tertiary/aromatic N) is 1. The van der Waals surface area contributed by atoms with Gasteiger partial charge in [0, 0.05) is 6.20 Å². The predicted molar refractivity (Wildman–Crippen MR) is 53.0 cm³/mol. The molecule has 0 saturated heterocycles. The van der Waals surface area contributed by atoms with Crippen LogP contribution >= 0.6 is 11.6 Å². The molecule has 0 aliphatic rings. The van der Waals surface area contributed by atoms with E-state index in [0.717, 1.165) is 0 Å². The summed E-state index contributed by atoms with van der Waals surface area (Å²) in [6.45, 7) is 1.60. The second-order valence-electron chi connectivity index (χ2n) is 2.58. The average molecular weight is 210 g/mol. The lowest BCUT2D eigenvalue weighted by molar-refractivity contribution is 0.0432. The maximum absolute atomic E-state index is 11.3. The van der Waals surface area contributed by atoms with Crippen molar-refractivity contribution in [2.75, 3.05) is 0 Å². The number of rotatable bonds is 2. The highest BCUT2D eigenvalue weighted by Crippen LogP contribution is 2.07. The Kier molecular flexibility index (Phi) is 3.49. The molecule has 4 heteroatoms. The Morgan fingerprint density at radius 2 is 2.43 bits per heavy atom. The molecule has 1 atom stereocenters. The highest BCUT2D eigenvalue weighted by molar-refractivity contribution is 6.30. The van der Waals surface area contributed by atoms with Gasteiger partial charge < -0.3 is 4.74 Å². The lowest BCUT2D eigenvalue weighted by Crippen LogP contribution is -2.14. The average Bonchev–Trinajstić information content (AvgIpc) is 2.18. The minimum Gasteiger partial charge on any atom is -0.445 e. The zero-order valence-electron chi connectivity index (χ0n) is 7.53. The number of terminal acetylenes is 1. The first kappa shape index (κ1) is 10.6. The molecule has 72 valence electrons. The first-order valence-corrected chi connectivity index (χ1v) is 4.30. The monoisotopic (exact) mass is 209 g/mol. The van der Waals surface area contributed by atoms with Gasteiger partial charge in [0.05, 0.1) is 5.02 Å². The molecular weight excluding hydrogens is 202 g/mol. The molecule has 1 unspecified atom stereocenters. The molecule has 0 N–H and O–H groups in total. The van der Waals surface area contributed by atoms with Gasteiger partial charge in [-0.2, -0.15) is 0 Å². The quantitative estimate of drug-likeness (QED) is 0.552. The minimum absolute atomic E-state index is 0.191. The van der Waals surface area contributed by atoms with Gasteiger partial charge in [-0.15, -0.1) is 6.42 Å². The summed E-state index contributed by atoms with van der Waals surface area (Å²) in [4.78, 5) is 15.1. The fourth-order valence-electron chi connectivity index (χ4n) is 0.752. The second kappa shape index (κ2) is 4.64. The fourth-order valence-corrected chi connectivity index (χ4v) is 0.863. The van der Waals surface area contributed by atoms with E-state index in [4.69, 9.17) is 22.8 Å². The smallest absolute Gasteiger partial charge is 0.358 e. The highest BCUT2D eigenvalue weighted by atomic mass is 35.5. The normalized spacial score (nSPS) is 11.5. The Morgan fingerprint density at radius 3 is 2.93 bits per heavy atom. The summed E-state index contributed by atoms with van der Waals surface area (Å²) in [5.41, 5.74) is 0.191. The largest absolute Gasteiger partial charge is 0.445 e. The zero-order valence-corrected chi connectivity index (χ0v) is 8.28. The van der Waals surface area contributed by atoms with Crippen molar-refractivity contribution in [2.45, 2.75) is 13.0 Å². The van der Waals surface area contributed by atoms with Crippen LogP contribution in [0, 0.1) is 12.3 Å². The van der Waals surface area contributed by atoms with Crippen LogP contribution in [0.1, 0.15) is 17.4 Å². The van der Waals surface area contributed by atoms with Crippen LogP contribution in [0.4, 0.5) is 0 Å². The number of esters is 1. The van der Waals surface area contributed by atoms with Crippen LogP contribution in [-0.2, 0) is 4.74 Å². The van der Waals surface area contributed by atoms with Gasteiger partial charge in [-0.25, -0.2) is 9.78 Å². The number of halogens is 1. The first-order chi connectivity index (χ1) is 6.63. The highest BCUT2D eigenvalue weighted by Gasteiger charge is 2.10. The lowest BCUT2D eigenvalue weighted by Gasteiger charge is -2.05. The van der Waals surface area contributed by atoms with Crippen molar-refractivity contribution >= 4 is 17.6 Å². The van der Waals surface area contributed by atoms with Gasteiger partial charge >= 0.3 is 5.97 Å². The van der Waals surface area contributed by atoms with Crippen LogP contribution in [0.5, 0.6) is 0 Å². The Balaban J connectivity index is 2.71. The van der Waals surface area contributed by atoms with Gasteiger partial charge in [0.1, 0.15) is 5.69 Å². The molecule has 0 aliphatic heterocycles. The van der Waals surface area contributed by atoms with E-state index in [-0.39, 0.29) is 5.69 Å². The van der Waals surface area contributed by atoms with E-state index in [1.54, 1.807) is 13.0 Å². The third kappa shape index (κ3) is 2.75. The van der Waals surface area contributed by atoms with Crippen LogP contribution in [0.15, 0.2) is 18.3 Å². The summed E-state index contributed by atoms with van der Waals surface area (Å²) < 4.78 is 4.84. The van der Waals surface area contributed by atoms with Crippen LogP contribution < -0.4 is 0 Å². The molecule has 1 aromatic heterocycles. The molecule has 0 fully saturated rings. The summed E-state index contributed by atoms with van der Waals surface area (Å²) in [6, 6.07) is 3.04. The van der Waals surface area contributed by atoms with E-state index in [9.17, 15) is 4.79 Å². The molecule has 0 amide bonds. The number of hydrogen-bond acceptors (Lipinski definition) is 3. The Hall–Kier alpha value is -1.53. The SMILES string of the molecule is C#CC(C)OC(=O)c1ccc(Cl)cn1. The third-order valence-electron chi connectivity index (χ3n) is 1.46. The van der Waals surface area contributed by atoms with Crippen LogP contribution in [0.3, 0.4) is 0 Å². The van der Waals surface area contributed by atoms with Crippen LogP contribution in [0.2, 0.25) is 5.02 Å². The summed E-state index contributed by atoms with van der Waals surface area (Å²) in [7, 11) is 0. The maximum atomic E-state index is 11.3. The van der Waals surface area contributed by atoms with E-state index in [1.165, 1.54) is 12.3 Å². The molecule has 0 spiro atoms. The summed E-state index contributed by atoms with van der Waals surface area (Å²) in [5.74, 6) is 1.73. The number of aromatic nitrogens is 1. The maximum Gasteiger partial charge on any atom is 0.358 e. The molecule has 0 radical (unpaired) electrons. The van der Waals surface area contributed by atoms with Gasteiger partial charge in [0.25, 0.3) is 0 Å². The summed E-state index contributed by atoms with van der Waals surface area (Å²) >= 11 is 5.60. The van der Waals surface area contributed by atoms with E-state index in [1.807, 2.05) is 0 Å². The standard InChI is InChI=1S/C10H8ClNO2/c1-3-7(2)14-10(13)9-5-4-8(11)6-12-9/h1,4-7H,2H3. The number of carbonyl (C=O) groups is 1. The topological polar surface area (TPSA) is 39.2 Å². The fraction of sp³-hybridized carbons (Fsp3) is 0.200. The Labute approximate surface area is 87.1 Å².